The third-order valence-corrected chi connectivity index (χ3v) is 4.96. The van der Waals surface area contributed by atoms with Crippen LogP contribution in [-0.4, -0.2) is 67.5 Å². The van der Waals surface area contributed by atoms with Gasteiger partial charge in [-0.05, 0) is 0 Å². The highest BCUT2D eigenvalue weighted by Gasteiger charge is 2.20. The van der Waals surface area contributed by atoms with Crippen LogP contribution in [0.2, 0.25) is 0 Å². The Labute approximate surface area is 157 Å². The average Bonchev–Trinajstić information content (AvgIpc) is 3.13. The summed E-state index contributed by atoms with van der Waals surface area (Å²) < 4.78 is 3.53. The third kappa shape index (κ3) is 4.94. The first-order valence-electron chi connectivity index (χ1n) is 9.36. The van der Waals surface area contributed by atoms with Crippen LogP contribution in [0.3, 0.4) is 0 Å². The summed E-state index contributed by atoms with van der Waals surface area (Å²) in [5.74, 6) is 1.14. The lowest BCUT2D eigenvalue weighted by atomic mass is 10.2. The summed E-state index contributed by atoms with van der Waals surface area (Å²) in [5.41, 5.74) is -0.911. The van der Waals surface area contributed by atoms with E-state index in [4.69, 9.17) is 0 Å². The molecular formula is C18H26N6O3. The van der Waals surface area contributed by atoms with Crippen LogP contribution in [0.5, 0.6) is 0 Å². The zero-order chi connectivity index (χ0) is 19.2. The van der Waals surface area contributed by atoms with Crippen LogP contribution in [0.4, 0.5) is 0 Å². The van der Waals surface area contributed by atoms with E-state index in [1.165, 1.54) is 16.8 Å². The van der Waals surface area contributed by atoms with E-state index in [2.05, 4.69) is 26.4 Å². The number of carbonyl (C=O) groups is 1. The van der Waals surface area contributed by atoms with Crippen molar-refractivity contribution in [2.24, 2.45) is 0 Å². The molecular weight excluding hydrogens is 348 g/mol. The zero-order valence-corrected chi connectivity index (χ0v) is 15.6. The molecule has 0 aliphatic carbocycles. The van der Waals surface area contributed by atoms with Gasteiger partial charge in [0.05, 0.1) is 0 Å². The van der Waals surface area contributed by atoms with Gasteiger partial charge in [0, 0.05) is 83.3 Å². The Morgan fingerprint density at radius 3 is 2.56 bits per heavy atom. The van der Waals surface area contributed by atoms with Gasteiger partial charge in [0.15, 0.2) is 0 Å². The number of imidazole rings is 1. The predicted octanol–water partition coefficient (Wildman–Crippen LogP) is -0.470. The lowest BCUT2D eigenvalue weighted by molar-refractivity contribution is -0.133. The molecule has 9 nitrogen and oxygen atoms in total. The second-order valence-electron chi connectivity index (χ2n) is 6.67. The van der Waals surface area contributed by atoms with Crippen LogP contribution in [0.15, 0.2) is 34.2 Å². The third-order valence-electron chi connectivity index (χ3n) is 4.96. The minimum Gasteiger partial charge on any atom is -0.340 e. The van der Waals surface area contributed by atoms with Crippen molar-refractivity contribution in [3.05, 3.63) is 51.3 Å². The minimum atomic E-state index is -0.480. The number of hydrogen-bond acceptors (Lipinski definition) is 5. The fourth-order valence-corrected chi connectivity index (χ4v) is 3.32. The van der Waals surface area contributed by atoms with Crippen molar-refractivity contribution in [3.63, 3.8) is 0 Å². The second kappa shape index (κ2) is 8.81. The number of rotatable bonds is 7. The molecule has 1 fully saturated rings. The molecule has 0 bridgehead atoms. The summed E-state index contributed by atoms with van der Waals surface area (Å²) in [6, 6.07) is 1.29. The molecule has 1 aliphatic rings. The maximum atomic E-state index is 12.4. The van der Waals surface area contributed by atoms with Gasteiger partial charge in [0.1, 0.15) is 5.82 Å². The number of aryl methyl sites for hydroxylation is 2. The van der Waals surface area contributed by atoms with Crippen LogP contribution in [0, 0.1) is 0 Å². The van der Waals surface area contributed by atoms with Crippen molar-refractivity contribution in [2.45, 2.75) is 32.9 Å². The van der Waals surface area contributed by atoms with Gasteiger partial charge in [0.2, 0.25) is 5.91 Å². The lowest BCUT2D eigenvalue weighted by Gasteiger charge is -2.35. The van der Waals surface area contributed by atoms with Gasteiger partial charge in [-0.2, -0.15) is 0 Å². The molecule has 9 heteroatoms. The fourth-order valence-electron chi connectivity index (χ4n) is 3.32. The number of nitrogens with one attached hydrogen (secondary N) is 1. The Hall–Kier alpha value is -2.68. The fraction of sp³-hybridized carbons (Fsp3) is 0.556. The number of carbonyl (C=O) groups excluding carboxylic acids is 1. The van der Waals surface area contributed by atoms with Crippen molar-refractivity contribution >= 4 is 5.91 Å². The number of piperazine rings is 1. The van der Waals surface area contributed by atoms with Gasteiger partial charge >= 0.3 is 5.69 Å². The van der Waals surface area contributed by atoms with E-state index in [1.54, 1.807) is 0 Å². The molecule has 1 saturated heterocycles. The van der Waals surface area contributed by atoms with Gasteiger partial charge in [-0.1, -0.05) is 6.92 Å². The minimum absolute atomic E-state index is 0.0376. The molecule has 1 N–H and O–H groups in total. The van der Waals surface area contributed by atoms with Gasteiger partial charge in [-0.3, -0.25) is 19.5 Å². The van der Waals surface area contributed by atoms with E-state index < -0.39 is 11.2 Å². The van der Waals surface area contributed by atoms with Crippen LogP contribution in [0.25, 0.3) is 0 Å². The topological polar surface area (TPSA) is 96.2 Å². The first-order valence-corrected chi connectivity index (χ1v) is 9.36. The van der Waals surface area contributed by atoms with Crippen LogP contribution in [0.1, 0.15) is 19.2 Å². The first kappa shape index (κ1) is 19.1. The van der Waals surface area contributed by atoms with Gasteiger partial charge in [-0.15, -0.1) is 0 Å². The number of amides is 1. The summed E-state index contributed by atoms with van der Waals surface area (Å²) in [4.78, 5) is 45.9. The molecule has 146 valence electrons. The highest BCUT2D eigenvalue weighted by molar-refractivity contribution is 5.76. The van der Waals surface area contributed by atoms with Gasteiger partial charge in [0.25, 0.3) is 5.56 Å². The molecule has 0 radical (unpaired) electrons. The normalized spacial score (nSPS) is 15.2. The quantitative estimate of drug-likeness (QED) is 0.707. The van der Waals surface area contributed by atoms with Crippen molar-refractivity contribution in [2.75, 3.05) is 32.7 Å². The number of H-pyrrole nitrogens is 1. The van der Waals surface area contributed by atoms with Gasteiger partial charge < -0.3 is 14.0 Å². The highest BCUT2D eigenvalue weighted by atomic mass is 16.2. The molecule has 27 heavy (non-hydrogen) atoms. The maximum absolute atomic E-state index is 12.4. The smallest absolute Gasteiger partial charge is 0.328 e. The Bertz CT molecular complexity index is 875. The maximum Gasteiger partial charge on any atom is 0.328 e. The number of aromatic nitrogens is 4. The van der Waals surface area contributed by atoms with E-state index in [9.17, 15) is 14.4 Å². The van der Waals surface area contributed by atoms with E-state index in [1.807, 2.05) is 17.3 Å². The van der Waals surface area contributed by atoms with Crippen molar-refractivity contribution < 1.29 is 4.79 Å². The van der Waals surface area contributed by atoms with Crippen LogP contribution < -0.4 is 11.2 Å². The molecule has 0 saturated carbocycles. The summed E-state index contributed by atoms with van der Waals surface area (Å²) in [7, 11) is 0. The molecule has 2 aromatic rings. The Balaban J connectivity index is 1.42. The second-order valence-corrected chi connectivity index (χ2v) is 6.67. The molecule has 0 unspecified atom stereocenters. The van der Waals surface area contributed by atoms with E-state index in [-0.39, 0.29) is 18.9 Å². The molecule has 3 heterocycles. The molecule has 2 aromatic heterocycles. The lowest BCUT2D eigenvalue weighted by Crippen LogP contribution is -2.49. The monoisotopic (exact) mass is 374 g/mol. The summed E-state index contributed by atoms with van der Waals surface area (Å²) in [5, 5.41) is 0. The number of aromatic amines is 1. The van der Waals surface area contributed by atoms with Crippen LogP contribution in [-0.2, 0) is 24.3 Å². The van der Waals surface area contributed by atoms with E-state index >= 15 is 0 Å². The van der Waals surface area contributed by atoms with Crippen molar-refractivity contribution in [3.8, 4) is 0 Å². The Kier molecular flexibility index (Phi) is 6.23. The van der Waals surface area contributed by atoms with Gasteiger partial charge in [-0.25, -0.2) is 9.78 Å². The highest BCUT2D eigenvalue weighted by Crippen LogP contribution is 2.06. The zero-order valence-electron chi connectivity index (χ0n) is 15.6. The molecule has 0 atom stereocenters. The number of hydrogen-bond donors (Lipinski definition) is 1. The number of nitrogens with zero attached hydrogens (tertiary/aromatic N) is 5. The predicted molar refractivity (Wildman–Crippen MR) is 101 cm³/mol. The first-order chi connectivity index (χ1) is 13.1. The Morgan fingerprint density at radius 2 is 1.85 bits per heavy atom. The average molecular weight is 374 g/mol. The van der Waals surface area contributed by atoms with Crippen molar-refractivity contribution in [1.82, 2.24) is 28.9 Å². The summed E-state index contributed by atoms with van der Waals surface area (Å²) in [6.07, 6.45) is 6.45. The van der Waals surface area contributed by atoms with Crippen LogP contribution >= 0.6 is 0 Å². The molecule has 1 aliphatic heterocycles. The summed E-state index contributed by atoms with van der Waals surface area (Å²) >= 11 is 0. The van der Waals surface area contributed by atoms with E-state index in [0.29, 0.717) is 13.1 Å². The SMILES string of the molecule is CCc1nccn1CCN1CCN(C(=O)CCn2ccc(=O)[nH]c2=O)CC1. The van der Waals surface area contributed by atoms with E-state index in [0.717, 1.165) is 38.4 Å². The standard InChI is InChI=1S/C18H26N6O3/c1-2-15-19-5-8-22(15)12-9-21-10-13-23(14-11-21)17(26)4-7-24-6-3-16(25)20-18(24)27/h3,5-6,8H,2,4,7,9-14H2,1H3,(H,20,25,27). The Morgan fingerprint density at radius 1 is 1.07 bits per heavy atom. The molecule has 0 spiro atoms. The van der Waals surface area contributed by atoms with Crippen molar-refractivity contribution in [1.29, 1.82) is 0 Å². The molecule has 1 amide bonds. The molecule has 3 rings (SSSR count). The summed E-state index contributed by atoms with van der Waals surface area (Å²) in [6.45, 7) is 7.32. The molecule has 0 aromatic carbocycles. The largest absolute Gasteiger partial charge is 0.340 e.